The summed E-state index contributed by atoms with van der Waals surface area (Å²) in [6.45, 7) is 2.47. The number of para-hydroxylation sites is 1. The van der Waals surface area contributed by atoms with Crippen molar-refractivity contribution in [3.05, 3.63) is 59.7 Å². The minimum absolute atomic E-state index is 0.236. The van der Waals surface area contributed by atoms with E-state index >= 15 is 0 Å². The first-order valence-electron chi connectivity index (χ1n) is 7.13. The topological polar surface area (TPSA) is 30.3 Å². The maximum atomic E-state index is 14.0. The summed E-state index contributed by atoms with van der Waals surface area (Å²) in [6.07, 6.45) is 0. The molecule has 1 saturated heterocycles. The molecular weight excluding hydrogens is 284 g/mol. The highest BCUT2D eigenvalue weighted by Gasteiger charge is 2.21. The van der Waals surface area contributed by atoms with Gasteiger partial charge in [-0.15, -0.1) is 0 Å². The van der Waals surface area contributed by atoms with Crippen LogP contribution in [0.4, 0.5) is 20.2 Å². The molecule has 0 aromatic heterocycles. The van der Waals surface area contributed by atoms with Crippen LogP contribution in [-0.4, -0.2) is 26.2 Å². The summed E-state index contributed by atoms with van der Waals surface area (Å²) < 4.78 is 27.8. The van der Waals surface area contributed by atoms with E-state index in [0.717, 1.165) is 0 Å². The summed E-state index contributed by atoms with van der Waals surface area (Å²) in [7, 11) is 0. The Labute approximate surface area is 128 Å². The normalized spacial score (nSPS) is 14.8. The van der Waals surface area contributed by atoms with Crippen molar-refractivity contribution in [2.24, 2.45) is 0 Å². The zero-order valence-electron chi connectivity index (χ0n) is 12.0. The molecule has 3 nitrogen and oxygen atoms in total. The van der Waals surface area contributed by atoms with E-state index in [1.54, 1.807) is 24.3 Å². The molecule has 0 aliphatic carbocycles. The molecular formula is C17H15F2N3. The van der Waals surface area contributed by atoms with Gasteiger partial charge >= 0.3 is 0 Å². The van der Waals surface area contributed by atoms with Gasteiger partial charge in [0.2, 0.25) is 0 Å². The van der Waals surface area contributed by atoms with E-state index in [2.05, 4.69) is 0 Å². The highest BCUT2D eigenvalue weighted by atomic mass is 19.1. The SMILES string of the molecule is N#Cc1ccc(N2CCN(c3ccccc3F)CC2)c(F)c1. The van der Waals surface area contributed by atoms with Gasteiger partial charge in [0.1, 0.15) is 11.6 Å². The molecule has 1 heterocycles. The Morgan fingerprint density at radius 3 is 1.95 bits per heavy atom. The van der Waals surface area contributed by atoms with Crippen molar-refractivity contribution in [3.8, 4) is 6.07 Å². The van der Waals surface area contributed by atoms with Crippen molar-refractivity contribution in [2.75, 3.05) is 36.0 Å². The van der Waals surface area contributed by atoms with Crippen molar-refractivity contribution < 1.29 is 8.78 Å². The molecule has 1 aliphatic heterocycles. The van der Waals surface area contributed by atoms with Gasteiger partial charge in [0.05, 0.1) is 23.0 Å². The van der Waals surface area contributed by atoms with Crippen LogP contribution in [0.1, 0.15) is 5.56 Å². The largest absolute Gasteiger partial charge is 0.366 e. The van der Waals surface area contributed by atoms with E-state index in [4.69, 9.17) is 5.26 Å². The number of rotatable bonds is 2. The third kappa shape index (κ3) is 2.73. The molecule has 5 heteroatoms. The molecule has 0 saturated carbocycles. The molecule has 3 rings (SSSR count). The standard InChI is InChI=1S/C17H15F2N3/c18-14-3-1-2-4-16(14)21-7-9-22(10-8-21)17-6-5-13(12-20)11-15(17)19/h1-6,11H,7-10H2. The second-order valence-corrected chi connectivity index (χ2v) is 5.20. The van der Waals surface area contributed by atoms with E-state index in [0.29, 0.717) is 43.1 Å². The number of anilines is 2. The smallest absolute Gasteiger partial charge is 0.147 e. The van der Waals surface area contributed by atoms with Gasteiger partial charge in [-0.2, -0.15) is 5.26 Å². The summed E-state index contributed by atoms with van der Waals surface area (Å²) in [5.41, 5.74) is 1.39. The van der Waals surface area contributed by atoms with Gasteiger partial charge in [-0.3, -0.25) is 0 Å². The lowest BCUT2D eigenvalue weighted by molar-refractivity contribution is 0.582. The van der Waals surface area contributed by atoms with Gasteiger partial charge in [-0.05, 0) is 30.3 Å². The van der Waals surface area contributed by atoms with E-state index in [9.17, 15) is 8.78 Å². The van der Waals surface area contributed by atoms with Gasteiger partial charge in [-0.1, -0.05) is 12.1 Å². The number of halogens is 2. The number of piperazine rings is 1. The van der Waals surface area contributed by atoms with Crippen molar-refractivity contribution in [3.63, 3.8) is 0 Å². The zero-order chi connectivity index (χ0) is 15.5. The number of benzene rings is 2. The fourth-order valence-electron chi connectivity index (χ4n) is 2.73. The van der Waals surface area contributed by atoms with Crippen LogP contribution in [0.25, 0.3) is 0 Å². The highest BCUT2D eigenvalue weighted by Crippen LogP contribution is 2.25. The van der Waals surface area contributed by atoms with Crippen molar-refractivity contribution in [1.29, 1.82) is 5.26 Å². The van der Waals surface area contributed by atoms with Gasteiger partial charge in [0, 0.05) is 26.2 Å². The summed E-state index contributed by atoms with van der Waals surface area (Å²) in [5.74, 6) is -0.626. The minimum atomic E-state index is -0.390. The first-order valence-corrected chi connectivity index (χ1v) is 7.13. The molecule has 0 radical (unpaired) electrons. The highest BCUT2D eigenvalue weighted by molar-refractivity contribution is 5.54. The Morgan fingerprint density at radius 1 is 0.818 bits per heavy atom. The van der Waals surface area contributed by atoms with Gasteiger partial charge < -0.3 is 9.80 Å². The summed E-state index contributed by atoms with van der Waals surface area (Å²) in [6, 6.07) is 13.1. The number of nitriles is 1. The minimum Gasteiger partial charge on any atom is -0.366 e. The van der Waals surface area contributed by atoms with Crippen molar-refractivity contribution in [2.45, 2.75) is 0 Å². The first-order chi connectivity index (χ1) is 10.7. The second-order valence-electron chi connectivity index (χ2n) is 5.20. The molecule has 1 aliphatic rings. The summed E-state index contributed by atoms with van der Waals surface area (Å²) >= 11 is 0. The molecule has 0 spiro atoms. The lowest BCUT2D eigenvalue weighted by atomic mass is 10.1. The van der Waals surface area contributed by atoms with Gasteiger partial charge in [-0.25, -0.2) is 8.78 Å². The van der Waals surface area contributed by atoms with E-state index in [1.807, 2.05) is 21.9 Å². The van der Waals surface area contributed by atoms with Crippen LogP contribution in [0, 0.1) is 23.0 Å². The quantitative estimate of drug-likeness (QED) is 0.853. The molecule has 22 heavy (non-hydrogen) atoms. The van der Waals surface area contributed by atoms with Gasteiger partial charge in [0.25, 0.3) is 0 Å². The molecule has 0 amide bonds. The third-order valence-corrected chi connectivity index (χ3v) is 3.89. The van der Waals surface area contributed by atoms with Crippen LogP contribution in [0.15, 0.2) is 42.5 Å². The molecule has 2 aromatic carbocycles. The molecule has 0 N–H and O–H groups in total. The fraction of sp³-hybridized carbons (Fsp3) is 0.235. The van der Waals surface area contributed by atoms with Crippen LogP contribution in [0.3, 0.4) is 0 Å². The maximum absolute atomic E-state index is 14.0. The number of nitrogens with zero attached hydrogens (tertiary/aromatic N) is 3. The third-order valence-electron chi connectivity index (χ3n) is 3.89. The predicted octanol–water partition coefficient (Wildman–Crippen LogP) is 3.16. The van der Waals surface area contributed by atoms with Gasteiger partial charge in [0.15, 0.2) is 0 Å². The van der Waals surface area contributed by atoms with Crippen LogP contribution in [0.2, 0.25) is 0 Å². The molecule has 1 fully saturated rings. The van der Waals surface area contributed by atoms with Crippen LogP contribution < -0.4 is 9.80 Å². The number of hydrogen-bond acceptors (Lipinski definition) is 3. The van der Waals surface area contributed by atoms with E-state index in [1.165, 1.54) is 12.1 Å². The maximum Gasteiger partial charge on any atom is 0.147 e. The van der Waals surface area contributed by atoms with Crippen molar-refractivity contribution >= 4 is 11.4 Å². The van der Waals surface area contributed by atoms with E-state index in [-0.39, 0.29) is 5.82 Å². The lowest BCUT2D eigenvalue weighted by Gasteiger charge is -2.37. The molecule has 112 valence electrons. The Kier molecular flexibility index (Phi) is 3.92. The monoisotopic (exact) mass is 299 g/mol. The molecule has 0 unspecified atom stereocenters. The zero-order valence-corrected chi connectivity index (χ0v) is 12.0. The molecule has 0 bridgehead atoms. The Hall–Kier alpha value is -2.61. The first kappa shape index (κ1) is 14.3. The van der Waals surface area contributed by atoms with Crippen LogP contribution >= 0.6 is 0 Å². The molecule has 0 atom stereocenters. The van der Waals surface area contributed by atoms with Crippen LogP contribution in [0.5, 0.6) is 0 Å². The predicted molar refractivity (Wildman–Crippen MR) is 81.9 cm³/mol. The second kappa shape index (κ2) is 6.02. The Balaban J connectivity index is 1.72. The van der Waals surface area contributed by atoms with Crippen LogP contribution in [-0.2, 0) is 0 Å². The fourth-order valence-corrected chi connectivity index (χ4v) is 2.73. The lowest BCUT2D eigenvalue weighted by Crippen LogP contribution is -2.47. The Morgan fingerprint density at radius 2 is 1.41 bits per heavy atom. The average Bonchev–Trinajstić information content (AvgIpc) is 2.55. The Bertz CT molecular complexity index is 716. The summed E-state index contributed by atoms with van der Waals surface area (Å²) in [5, 5.41) is 8.78. The summed E-state index contributed by atoms with van der Waals surface area (Å²) in [4.78, 5) is 3.89. The van der Waals surface area contributed by atoms with E-state index < -0.39 is 5.82 Å². The number of hydrogen-bond donors (Lipinski definition) is 0. The molecule has 2 aromatic rings. The van der Waals surface area contributed by atoms with Crippen molar-refractivity contribution in [1.82, 2.24) is 0 Å². The average molecular weight is 299 g/mol.